The summed E-state index contributed by atoms with van der Waals surface area (Å²) in [6.07, 6.45) is 1.34. The average Bonchev–Trinajstić information content (AvgIpc) is 2.47. The van der Waals surface area contributed by atoms with E-state index in [1.54, 1.807) is 6.07 Å². The highest BCUT2D eigenvalue weighted by Crippen LogP contribution is 2.19. The van der Waals surface area contributed by atoms with Crippen LogP contribution >= 0.6 is 27.5 Å². The summed E-state index contributed by atoms with van der Waals surface area (Å²) in [6, 6.07) is 6.98. The first-order chi connectivity index (χ1) is 10.5. The number of carbonyl (C=O) groups is 2. The zero-order valence-electron chi connectivity index (χ0n) is 11.0. The van der Waals surface area contributed by atoms with Crippen LogP contribution in [0, 0.1) is 5.82 Å². The molecule has 1 N–H and O–H groups in total. The molecule has 0 radical (unpaired) electrons. The lowest BCUT2D eigenvalue weighted by Gasteiger charge is -2.07. The lowest BCUT2D eigenvalue weighted by Crippen LogP contribution is -2.21. The summed E-state index contributed by atoms with van der Waals surface area (Å²) in [5.74, 6) is -2.07. The normalized spacial score (nSPS) is 10.1. The third-order valence-electron chi connectivity index (χ3n) is 2.47. The first kappa shape index (κ1) is 16.4. The molecule has 0 aliphatic rings. The van der Waals surface area contributed by atoms with Gasteiger partial charge >= 0.3 is 5.97 Å². The lowest BCUT2D eigenvalue weighted by atomic mass is 10.3. The molecule has 1 aromatic carbocycles. The number of aromatic nitrogens is 1. The zero-order chi connectivity index (χ0) is 16.1. The molecule has 0 unspecified atom stereocenters. The van der Waals surface area contributed by atoms with E-state index in [9.17, 15) is 14.0 Å². The maximum Gasteiger partial charge on any atom is 0.357 e. The number of nitrogens with one attached hydrogen (secondary N) is 1. The Balaban J connectivity index is 1.91. The van der Waals surface area contributed by atoms with Crippen molar-refractivity contribution in [1.29, 1.82) is 0 Å². The van der Waals surface area contributed by atoms with Gasteiger partial charge in [-0.1, -0.05) is 27.5 Å². The second-order valence-corrected chi connectivity index (χ2v) is 5.46. The molecule has 114 valence electrons. The topological polar surface area (TPSA) is 68.3 Å². The summed E-state index contributed by atoms with van der Waals surface area (Å²) >= 11 is 8.82. The van der Waals surface area contributed by atoms with Gasteiger partial charge in [0.25, 0.3) is 5.91 Å². The Morgan fingerprint density at radius 1 is 1.32 bits per heavy atom. The number of pyridine rings is 1. The van der Waals surface area contributed by atoms with Crippen molar-refractivity contribution in [1.82, 2.24) is 4.98 Å². The Bertz CT molecular complexity index is 727. The molecule has 2 aromatic rings. The Morgan fingerprint density at radius 2 is 2.09 bits per heavy atom. The van der Waals surface area contributed by atoms with E-state index in [4.69, 9.17) is 16.3 Å². The molecule has 0 spiro atoms. The predicted molar refractivity (Wildman–Crippen MR) is 82.3 cm³/mol. The van der Waals surface area contributed by atoms with Crippen LogP contribution in [0.4, 0.5) is 10.1 Å². The number of carbonyl (C=O) groups excluding carboxylic acids is 2. The monoisotopic (exact) mass is 386 g/mol. The van der Waals surface area contributed by atoms with Gasteiger partial charge in [-0.15, -0.1) is 0 Å². The number of ether oxygens (including phenoxy) is 1. The number of halogens is 3. The Labute approximate surface area is 138 Å². The molecular weight excluding hydrogens is 379 g/mol. The van der Waals surface area contributed by atoms with Crippen LogP contribution in [0.15, 0.2) is 41.0 Å². The maximum absolute atomic E-state index is 13.5. The SMILES string of the molecule is O=C(COC(=O)c1cc(Cl)ccn1)Nc1ccc(Br)cc1F. The van der Waals surface area contributed by atoms with E-state index in [-0.39, 0.29) is 11.4 Å². The molecule has 5 nitrogen and oxygen atoms in total. The van der Waals surface area contributed by atoms with Crippen molar-refractivity contribution >= 4 is 45.1 Å². The highest BCUT2D eigenvalue weighted by atomic mass is 79.9. The number of nitrogens with zero attached hydrogens (tertiary/aromatic N) is 1. The Morgan fingerprint density at radius 3 is 2.77 bits per heavy atom. The molecule has 2 rings (SSSR count). The van der Waals surface area contributed by atoms with E-state index < -0.39 is 24.3 Å². The van der Waals surface area contributed by atoms with Gasteiger partial charge in [0.1, 0.15) is 11.5 Å². The predicted octanol–water partition coefficient (Wildman–Crippen LogP) is 3.43. The first-order valence-electron chi connectivity index (χ1n) is 5.99. The van der Waals surface area contributed by atoms with Crippen LogP contribution in [0.2, 0.25) is 5.02 Å². The number of amides is 1. The van der Waals surface area contributed by atoms with E-state index >= 15 is 0 Å². The van der Waals surface area contributed by atoms with Crippen LogP contribution < -0.4 is 5.32 Å². The van der Waals surface area contributed by atoms with Gasteiger partial charge in [0.05, 0.1) is 5.69 Å². The largest absolute Gasteiger partial charge is 0.451 e. The van der Waals surface area contributed by atoms with Crippen molar-refractivity contribution in [2.75, 3.05) is 11.9 Å². The van der Waals surface area contributed by atoms with Gasteiger partial charge in [-0.3, -0.25) is 4.79 Å². The molecule has 0 bridgehead atoms. The molecule has 0 saturated heterocycles. The molecule has 0 aliphatic heterocycles. The van der Waals surface area contributed by atoms with Gasteiger partial charge in [-0.05, 0) is 30.3 Å². The van der Waals surface area contributed by atoms with Crippen molar-refractivity contribution in [3.05, 3.63) is 57.5 Å². The Kier molecular flexibility index (Phi) is 5.46. The standard InChI is InChI=1S/C14H9BrClFN2O3/c15-8-1-2-11(10(17)5-8)19-13(20)7-22-14(21)12-6-9(16)3-4-18-12/h1-6H,7H2,(H,19,20). The molecule has 1 amide bonds. The number of benzene rings is 1. The highest BCUT2D eigenvalue weighted by Gasteiger charge is 2.13. The average molecular weight is 388 g/mol. The van der Waals surface area contributed by atoms with Crippen molar-refractivity contribution in [2.45, 2.75) is 0 Å². The summed E-state index contributed by atoms with van der Waals surface area (Å²) in [5, 5.41) is 2.62. The first-order valence-corrected chi connectivity index (χ1v) is 7.16. The van der Waals surface area contributed by atoms with Crippen LogP contribution in [-0.4, -0.2) is 23.5 Å². The van der Waals surface area contributed by atoms with Gasteiger partial charge in [0, 0.05) is 15.7 Å². The maximum atomic E-state index is 13.5. The number of hydrogen-bond acceptors (Lipinski definition) is 4. The number of hydrogen-bond donors (Lipinski definition) is 1. The highest BCUT2D eigenvalue weighted by molar-refractivity contribution is 9.10. The van der Waals surface area contributed by atoms with Crippen LogP contribution in [0.3, 0.4) is 0 Å². The minimum atomic E-state index is -0.797. The minimum absolute atomic E-state index is 0.00914. The van der Waals surface area contributed by atoms with Crippen LogP contribution in [-0.2, 0) is 9.53 Å². The fourth-order valence-corrected chi connectivity index (χ4v) is 1.99. The van der Waals surface area contributed by atoms with Gasteiger partial charge < -0.3 is 10.1 Å². The fourth-order valence-electron chi connectivity index (χ4n) is 1.50. The summed E-state index contributed by atoms with van der Waals surface area (Å²) in [4.78, 5) is 27.1. The van der Waals surface area contributed by atoms with Gasteiger partial charge in [-0.25, -0.2) is 14.2 Å². The third-order valence-corrected chi connectivity index (χ3v) is 3.20. The van der Waals surface area contributed by atoms with Crippen molar-refractivity contribution < 1.29 is 18.7 Å². The summed E-state index contributed by atoms with van der Waals surface area (Å²) < 4.78 is 18.9. The van der Waals surface area contributed by atoms with E-state index in [2.05, 4.69) is 26.2 Å². The molecule has 0 atom stereocenters. The smallest absolute Gasteiger partial charge is 0.357 e. The summed E-state index contributed by atoms with van der Waals surface area (Å²) in [7, 11) is 0. The number of anilines is 1. The number of esters is 1. The van der Waals surface area contributed by atoms with E-state index in [1.165, 1.54) is 30.5 Å². The lowest BCUT2D eigenvalue weighted by molar-refractivity contribution is -0.119. The third kappa shape index (κ3) is 4.51. The zero-order valence-corrected chi connectivity index (χ0v) is 13.3. The molecule has 0 saturated carbocycles. The molecular formula is C14H9BrClFN2O3. The fraction of sp³-hybridized carbons (Fsp3) is 0.0714. The second-order valence-electron chi connectivity index (χ2n) is 4.11. The van der Waals surface area contributed by atoms with E-state index in [0.717, 1.165) is 0 Å². The van der Waals surface area contributed by atoms with E-state index in [0.29, 0.717) is 9.50 Å². The van der Waals surface area contributed by atoms with Gasteiger partial charge in [-0.2, -0.15) is 0 Å². The molecule has 0 aliphatic carbocycles. The molecule has 8 heteroatoms. The van der Waals surface area contributed by atoms with Crippen molar-refractivity contribution in [3.8, 4) is 0 Å². The van der Waals surface area contributed by atoms with Crippen molar-refractivity contribution in [3.63, 3.8) is 0 Å². The number of rotatable bonds is 4. The minimum Gasteiger partial charge on any atom is -0.451 e. The molecule has 22 heavy (non-hydrogen) atoms. The van der Waals surface area contributed by atoms with Crippen LogP contribution in [0.1, 0.15) is 10.5 Å². The summed E-state index contributed by atoms with van der Waals surface area (Å²) in [6.45, 7) is -0.567. The molecule has 0 fully saturated rings. The second kappa shape index (κ2) is 7.33. The van der Waals surface area contributed by atoms with Crippen molar-refractivity contribution in [2.24, 2.45) is 0 Å². The quantitative estimate of drug-likeness (QED) is 0.816. The summed E-state index contributed by atoms with van der Waals surface area (Å²) in [5.41, 5.74) is -0.0275. The molecule has 1 heterocycles. The molecule has 1 aromatic heterocycles. The van der Waals surface area contributed by atoms with Crippen LogP contribution in [0.5, 0.6) is 0 Å². The van der Waals surface area contributed by atoms with Gasteiger partial charge in [0.2, 0.25) is 0 Å². The van der Waals surface area contributed by atoms with E-state index in [1.807, 2.05) is 0 Å². The van der Waals surface area contributed by atoms with Gasteiger partial charge in [0.15, 0.2) is 6.61 Å². The van der Waals surface area contributed by atoms with Crippen LogP contribution in [0.25, 0.3) is 0 Å². The Hall–Kier alpha value is -1.99.